The molecule has 0 bridgehead atoms. The fourth-order valence-corrected chi connectivity index (χ4v) is 3.91. The number of hydrogen-bond acceptors (Lipinski definition) is 8. The molecule has 35 heavy (non-hydrogen) atoms. The first-order valence-corrected chi connectivity index (χ1v) is 11.5. The molecule has 2 aromatic carbocycles. The van der Waals surface area contributed by atoms with Crippen LogP contribution in [0.2, 0.25) is 0 Å². The summed E-state index contributed by atoms with van der Waals surface area (Å²) in [5.74, 6) is 0.152. The van der Waals surface area contributed by atoms with Gasteiger partial charge in [-0.15, -0.1) is 10.2 Å². The van der Waals surface area contributed by atoms with Crippen LogP contribution in [0.25, 0.3) is 0 Å². The number of nitrogens with zero attached hydrogens (tertiary/aromatic N) is 3. The Morgan fingerprint density at radius 3 is 2.63 bits per heavy atom. The zero-order valence-electron chi connectivity index (χ0n) is 19.0. The molecule has 0 saturated carbocycles. The lowest BCUT2D eigenvalue weighted by atomic mass is 10.1. The lowest BCUT2D eigenvalue weighted by Crippen LogP contribution is -2.26. The zero-order chi connectivity index (χ0) is 24.8. The second-order valence-electron chi connectivity index (χ2n) is 7.59. The summed E-state index contributed by atoms with van der Waals surface area (Å²) in [5.41, 5.74) is 2.65. The maximum absolute atomic E-state index is 13.0. The molecule has 2 N–H and O–H groups in total. The third-order valence-corrected chi connectivity index (χ3v) is 5.96. The van der Waals surface area contributed by atoms with Crippen LogP contribution in [0, 0.1) is 19.7 Å². The molecule has 0 aliphatic rings. The second kappa shape index (κ2) is 10.9. The van der Waals surface area contributed by atoms with E-state index in [4.69, 9.17) is 9.26 Å². The van der Waals surface area contributed by atoms with E-state index in [1.54, 1.807) is 24.3 Å². The number of amides is 2. The maximum Gasteiger partial charge on any atom is 0.286 e. The molecule has 0 fully saturated rings. The number of carbonyl (C=O) groups is 2. The largest absolute Gasteiger partial charge is 0.486 e. The number of anilines is 1. The van der Waals surface area contributed by atoms with Crippen molar-refractivity contribution in [3.05, 3.63) is 86.9 Å². The molecule has 4 rings (SSSR count). The highest BCUT2D eigenvalue weighted by molar-refractivity contribution is 7.13. The minimum Gasteiger partial charge on any atom is -0.486 e. The Bertz CT molecular complexity index is 1320. The highest BCUT2D eigenvalue weighted by Gasteiger charge is 2.15. The van der Waals surface area contributed by atoms with Crippen LogP contribution >= 0.6 is 11.3 Å². The quantitative estimate of drug-likeness (QED) is 0.359. The SMILES string of the molecule is Cc1noc(C)c1CCNC(=O)c1cccc(NC(=O)c2nnc(COc3ccc(F)cc3)s2)c1. The summed E-state index contributed by atoms with van der Waals surface area (Å²) in [6.07, 6.45) is 0.605. The summed E-state index contributed by atoms with van der Waals surface area (Å²) in [6.45, 7) is 4.22. The predicted molar refractivity (Wildman–Crippen MR) is 127 cm³/mol. The minimum absolute atomic E-state index is 0.0974. The molecule has 180 valence electrons. The zero-order valence-corrected chi connectivity index (χ0v) is 19.8. The molecule has 4 aromatic rings. The van der Waals surface area contributed by atoms with Crippen molar-refractivity contribution in [2.45, 2.75) is 26.9 Å². The molecule has 0 spiro atoms. The molecule has 9 nitrogen and oxygen atoms in total. The highest BCUT2D eigenvalue weighted by atomic mass is 32.1. The maximum atomic E-state index is 13.0. The lowest BCUT2D eigenvalue weighted by molar-refractivity contribution is 0.0952. The molecular weight excluding hydrogens is 473 g/mol. The molecule has 0 aliphatic carbocycles. The van der Waals surface area contributed by atoms with E-state index < -0.39 is 5.91 Å². The van der Waals surface area contributed by atoms with Crippen molar-refractivity contribution < 1.29 is 23.2 Å². The molecule has 0 atom stereocenters. The Labute approximate surface area is 204 Å². The van der Waals surface area contributed by atoms with Crippen molar-refractivity contribution in [1.82, 2.24) is 20.7 Å². The molecule has 2 aromatic heterocycles. The molecule has 0 radical (unpaired) electrons. The average molecular weight is 496 g/mol. The molecule has 0 unspecified atom stereocenters. The van der Waals surface area contributed by atoms with E-state index in [1.807, 2.05) is 13.8 Å². The number of benzene rings is 2. The van der Waals surface area contributed by atoms with Gasteiger partial charge in [0.25, 0.3) is 11.8 Å². The van der Waals surface area contributed by atoms with Gasteiger partial charge in [-0.05, 0) is 62.7 Å². The topological polar surface area (TPSA) is 119 Å². The third kappa shape index (κ3) is 6.27. The Hall–Kier alpha value is -4.12. The molecule has 0 aliphatic heterocycles. The predicted octanol–water partition coefficient (Wildman–Crippen LogP) is 4.09. The Morgan fingerprint density at radius 2 is 1.89 bits per heavy atom. The van der Waals surface area contributed by atoms with Crippen molar-refractivity contribution in [2.75, 3.05) is 11.9 Å². The number of rotatable bonds is 9. The van der Waals surface area contributed by atoms with E-state index in [1.165, 1.54) is 24.3 Å². The highest BCUT2D eigenvalue weighted by Crippen LogP contribution is 2.18. The van der Waals surface area contributed by atoms with Gasteiger partial charge in [-0.2, -0.15) is 0 Å². The molecule has 11 heteroatoms. The average Bonchev–Trinajstić information content (AvgIpc) is 3.46. The van der Waals surface area contributed by atoms with E-state index in [9.17, 15) is 14.0 Å². The number of ether oxygens (including phenoxy) is 1. The summed E-state index contributed by atoms with van der Waals surface area (Å²) in [5, 5.41) is 18.0. The van der Waals surface area contributed by atoms with Crippen molar-refractivity contribution in [3.63, 3.8) is 0 Å². The van der Waals surface area contributed by atoms with E-state index in [2.05, 4.69) is 26.0 Å². The summed E-state index contributed by atoms with van der Waals surface area (Å²) >= 11 is 1.08. The fourth-order valence-electron chi connectivity index (χ4n) is 3.26. The van der Waals surface area contributed by atoms with E-state index in [-0.39, 0.29) is 23.3 Å². The first-order valence-electron chi connectivity index (χ1n) is 10.7. The number of aromatic nitrogens is 3. The van der Waals surface area contributed by atoms with E-state index in [0.29, 0.717) is 35.0 Å². The van der Waals surface area contributed by atoms with Crippen molar-refractivity contribution >= 4 is 28.8 Å². The monoisotopic (exact) mass is 495 g/mol. The van der Waals surface area contributed by atoms with Crippen molar-refractivity contribution in [1.29, 1.82) is 0 Å². The van der Waals surface area contributed by atoms with Gasteiger partial charge in [0.15, 0.2) is 5.01 Å². The third-order valence-electron chi connectivity index (χ3n) is 5.06. The van der Waals surface area contributed by atoms with Gasteiger partial charge in [0, 0.05) is 23.4 Å². The molecular formula is C24H22FN5O4S. The van der Waals surface area contributed by atoms with Gasteiger partial charge < -0.3 is 19.9 Å². The van der Waals surface area contributed by atoms with Crippen LogP contribution in [0.3, 0.4) is 0 Å². The second-order valence-corrected chi connectivity index (χ2v) is 8.65. The summed E-state index contributed by atoms with van der Waals surface area (Å²) in [7, 11) is 0. The number of halogens is 1. The number of aryl methyl sites for hydroxylation is 2. The van der Waals surface area contributed by atoms with Gasteiger partial charge >= 0.3 is 0 Å². The van der Waals surface area contributed by atoms with Gasteiger partial charge in [0.1, 0.15) is 23.9 Å². The van der Waals surface area contributed by atoms with Crippen molar-refractivity contribution in [2.24, 2.45) is 0 Å². The number of nitrogens with one attached hydrogen (secondary N) is 2. The Kier molecular flexibility index (Phi) is 7.46. The van der Waals surface area contributed by atoms with Crippen LogP contribution in [0.4, 0.5) is 10.1 Å². The van der Waals surface area contributed by atoms with Gasteiger partial charge in [-0.3, -0.25) is 9.59 Å². The van der Waals surface area contributed by atoms with Crippen LogP contribution in [0.1, 0.15) is 42.2 Å². The van der Waals surface area contributed by atoms with Gasteiger partial charge in [-0.1, -0.05) is 22.6 Å². The smallest absolute Gasteiger partial charge is 0.286 e. The number of hydrogen-bond donors (Lipinski definition) is 2. The fraction of sp³-hybridized carbons (Fsp3) is 0.208. The first kappa shape index (κ1) is 24.0. The summed E-state index contributed by atoms with van der Waals surface area (Å²) in [4.78, 5) is 25.1. The van der Waals surface area contributed by atoms with Crippen LogP contribution in [-0.4, -0.2) is 33.7 Å². The van der Waals surface area contributed by atoms with Crippen LogP contribution in [0.15, 0.2) is 53.1 Å². The molecule has 2 amide bonds. The summed E-state index contributed by atoms with van der Waals surface area (Å²) < 4.78 is 23.6. The van der Waals surface area contributed by atoms with Gasteiger partial charge in [-0.25, -0.2) is 4.39 Å². The standard InChI is InChI=1S/C24H22FN5O4S/c1-14-20(15(2)34-30-14)10-11-26-22(31)16-4-3-5-18(12-16)27-23(32)24-29-28-21(35-24)13-33-19-8-6-17(25)7-9-19/h3-9,12H,10-11,13H2,1-2H3,(H,26,31)(H,27,32). The number of carbonyl (C=O) groups excluding carboxylic acids is 2. The first-order chi connectivity index (χ1) is 16.9. The normalized spacial score (nSPS) is 10.7. The van der Waals surface area contributed by atoms with Gasteiger partial charge in [0.2, 0.25) is 5.01 Å². The molecule has 2 heterocycles. The Balaban J connectivity index is 1.30. The minimum atomic E-state index is -0.452. The van der Waals surface area contributed by atoms with Crippen molar-refractivity contribution in [3.8, 4) is 5.75 Å². The Morgan fingerprint density at radius 1 is 1.09 bits per heavy atom. The van der Waals surface area contributed by atoms with Gasteiger partial charge in [0.05, 0.1) is 5.69 Å². The lowest BCUT2D eigenvalue weighted by Gasteiger charge is -2.08. The molecule has 0 saturated heterocycles. The van der Waals surface area contributed by atoms with E-state index in [0.717, 1.165) is 28.4 Å². The van der Waals surface area contributed by atoms with Crippen LogP contribution in [0.5, 0.6) is 5.75 Å². The van der Waals surface area contributed by atoms with Crippen LogP contribution < -0.4 is 15.4 Å². The van der Waals surface area contributed by atoms with Crippen LogP contribution in [-0.2, 0) is 13.0 Å². The van der Waals surface area contributed by atoms with E-state index >= 15 is 0 Å². The summed E-state index contributed by atoms with van der Waals surface area (Å²) in [6, 6.07) is 12.2.